The topological polar surface area (TPSA) is 95.9 Å². The van der Waals surface area contributed by atoms with Crippen molar-refractivity contribution in [2.24, 2.45) is 0 Å². The zero-order chi connectivity index (χ0) is 23.3. The van der Waals surface area contributed by atoms with Gasteiger partial charge in [0, 0.05) is 26.1 Å². The van der Waals surface area contributed by atoms with Crippen LogP contribution in [0.25, 0.3) is 11.1 Å². The molecule has 0 aliphatic heterocycles. The second-order valence-corrected chi connectivity index (χ2v) is 6.82. The molecule has 0 heterocycles. The van der Waals surface area contributed by atoms with Gasteiger partial charge in [-0.25, -0.2) is 4.79 Å². The van der Waals surface area contributed by atoms with E-state index in [1.54, 1.807) is 6.07 Å². The molecule has 0 radical (unpaired) electrons. The number of rotatable bonds is 6. The number of methoxy groups -OCH3 is 1. The smallest absolute Gasteiger partial charge is 0.416 e. The lowest BCUT2D eigenvalue weighted by Crippen LogP contribution is -2.39. The van der Waals surface area contributed by atoms with Crippen molar-refractivity contribution in [3.05, 3.63) is 53.1 Å². The summed E-state index contributed by atoms with van der Waals surface area (Å²) in [4.78, 5) is 35.3. The van der Waals surface area contributed by atoms with E-state index in [1.165, 1.54) is 32.4 Å². The molecule has 2 aromatic rings. The number of aliphatic carboxylic acids is 1. The van der Waals surface area contributed by atoms with Crippen LogP contribution in [0, 0.1) is 0 Å². The third-order valence-electron chi connectivity index (χ3n) is 4.38. The van der Waals surface area contributed by atoms with Crippen LogP contribution in [0.5, 0.6) is 5.75 Å². The van der Waals surface area contributed by atoms with E-state index in [4.69, 9.17) is 9.84 Å². The molecule has 166 valence electrons. The number of hydrogen-bond donors (Lipinski definition) is 2. The molecular weight excluding hydrogens is 417 g/mol. The van der Waals surface area contributed by atoms with Gasteiger partial charge in [0.1, 0.15) is 5.75 Å². The second-order valence-electron chi connectivity index (χ2n) is 6.82. The molecule has 2 rings (SSSR count). The average molecular weight is 438 g/mol. The number of carbonyl (C=O) groups excluding carboxylic acids is 2. The molecule has 0 bridgehead atoms. The normalized spacial score (nSPS) is 11.0. The van der Waals surface area contributed by atoms with Crippen LogP contribution >= 0.6 is 0 Å². The molecule has 31 heavy (non-hydrogen) atoms. The van der Waals surface area contributed by atoms with E-state index < -0.39 is 29.6 Å². The van der Waals surface area contributed by atoms with Crippen LogP contribution in [0.3, 0.4) is 0 Å². The molecule has 10 heteroatoms. The first-order valence-corrected chi connectivity index (χ1v) is 9.04. The zero-order valence-corrected chi connectivity index (χ0v) is 17.0. The van der Waals surface area contributed by atoms with Crippen molar-refractivity contribution in [2.75, 3.05) is 14.2 Å². The predicted molar refractivity (Wildman–Crippen MR) is 105 cm³/mol. The highest BCUT2D eigenvalue weighted by atomic mass is 19.4. The molecule has 0 unspecified atom stereocenters. The quantitative estimate of drug-likeness (QED) is 0.717. The van der Waals surface area contributed by atoms with E-state index in [9.17, 15) is 27.6 Å². The number of carboxylic acids is 1. The third-order valence-corrected chi connectivity index (χ3v) is 4.38. The highest BCUT2D eigenvalue weighted by Crippen LogP contribution is 2.37. The Hall–Kier alpha value is -3.56. The molecule has 7 nitrogen and oxygen atoms in total. The van der Waals surface area contributed by atoms with Gasteiger partial charge in [-0.3, -0.25) is 14.9 Å². The van der Waals surface area contributed by atoms with Gasteiger partial charge in [-0.1, -0.05) is 12.1 Å². The van der Waals surface area contributed by atoms with E-state index >= 15 is 0 Å². The summed E-state index contributed by atoms with van der Waals surface area (Å²) < 4.78 is 45.2. The third kappa shape index (κ3) is 6.21. The summed E-state index contributed by atoms with van der Waals surface area (Å²) in [5, 5.41) is 11.1. The molecule has 0 fully saturated rings. The number of nitrogens with one attached hydrogen (secondary N) is 1. The molecule has 3 amide bonds. The molecule has 0 aromatic heterocycles. The first-order valence-electron chi connectivity index (χ1n) is 9.04. The number of amides is 3. The Kier molecular flexibility index (Phi) is 7.27. The fourth-order valence-corrected chi connectivity index (χ4v) is 2.99. The Morgan fingerprint density at radius 1 is 1.10 bits per heavy atom. The lowest BCUT2D eigenvalue weighted by Gasteiger charge is -2.21. The molecule has 0 saturated heterocycles. The Morgan fingerprint density at radius 2 is 1.77 bits per heavy atom. The molecule has 0 atom stereocenters. The number of carbonyl (C=O) groups is 3. The van der Waals surface area contributed by atoms with Gasteiger partial charge in [-0.2, -0.15) is 13.2 Å². The number of ether oxygens (including phenoxy) is 1. The molecule has 0 spiro atoms. The Labute approximate surface area is 176 Å². The summed E-state index contributed by atoms with van der Waals surface area (Å²) in [7, 11) is 2.71. The number of imide groups is 1. The second kappa shape index (κ2) is 9.50. The Balaban J connectivity index is 2.60. The summed E-state index contributed by atoms with van der Waals surface area (Å²) in [6.07, 6.45) is -4.89. The molecular formula is C21H21F3N2O5. The number of urea groups is 1. The fraction of sp³-hybridized carbons (Fsp3) is 0.286. The van der Waals surface area contributed by atoms with Crippen LogP contribution in [-0.2, 0) is 28.7 Å². The van der Waals surface area contributed by atoms with Gasteiger partial charge >= 0.3 is 18.2 Å². The first-order chi connectivity index (χ1) is 14.4. The fourth-order valence-electron chi connectivity index (χ4n) is 2.99. The Morgan fingerprint density at radius 3 is 2.32 bits per heavy atom. The van der Waals surface area contributed by atoms with Crippen molar-refractivity contribution in [1.29, 1.82) is 0 Å². The van der Waals surface area contributed by atoms with Gasteiger partial charge in [0.2, 0.25) is 5.91 Å². The minimum Gasteiger partial charge on any atom is -0.496 e. The largest absolute Gasteiger partial charge is 0.496 e. The van der Waals surface area contributed by atoms with Crippen LogP contribution < -0.4 is 10.1 Å². The summed E-state index contributed by atoms with van der Waals surface area (Å²) in [5.74, 6) is -1.35. The molecule has 0 aliphatic carbocycles. The monoisotopic (exact) mass is 438 g/mol. The summed E-state index contributed by atoms with van der Waals surface area (Å²) in [5.41, 5.74) is 0.371. The maximum absolute atomic E-state index is 13.3. The van der Waals surface area contributed by atoms with Crippen molar-refractivity contribution >= 4 is 17.9 Å². The molecule has 0 saturated carbocycles. The molecule has 2 aromatic carbocycles. The van der Waals surface area contributed by atoms with E-state index in [1.807, 2.05) is 0 Å². The minimum absolute atomic E-state index is 0.141. The molecule has 0 aliphatic rings. The SMILES string of the molecule is COc1ccc(CC(=O)O)cc1-c1ccc(C(F)(F)F)cc1CN(C)C(=O)NC(C)=O. The van der Waals surface area contributed by atoms with Gasteiger partial charge in [-0.15, -0.1) is 0 Å². The van der Waals surface area contributed by atoms with Crippen molar-refractivity contribution in [3.63, 3.8) is 0 Å². The average Bonchev–Trinajstić information content (AvgIpc) is 2.66. The number of carboxylic acid groups (broad SMARTS) is 1. The van der Waals surface area contributed by atoms with Gasteiger partial charge in [-0.05, 0) is 41.0 Å². The number of halogens is 3. The highest BCUT2D eigenvalue weighted by Gasteiger charge is 2.31. The van der Waals surface area contributed by atoms with E-state index in [0.29, 0.717) is 22.4 Å². The van der Waals surface area contributed by atoms with Crippen LogP contribution in [0.4, 0.5) is 18.0 Å². The number of alkyl halides is 3. The van der Waals surface area contributed by atoms with E-state index in [2.05, 4.69) is 5.32 Å². The van der Waals surface area contributed by atoms with E-state index in [0.717, 1.165) is 24.0 Å². The number of nitrogens with zero attached hydrogens (tertiary/aromatic N) is 1. The van der Waals surface area contributed by atoms with Gasteiger partial charge in [0.15, 0.2) is 0 Å². The first kappa shape index (κ1) is 23.7. The minimum atomic E-state index is -4.61. The summed E-state index contributed by atoms with van der Waals surface area (Å²) in [6, 6.07) is 6.89. The van der Waals surface area contributed by atoms with Crippen molar-refractivity contribution < 1.29 is 37.4 Å². The highest BCUT2D eigenvalue weighted by molar-refractivity contribution is 5.93. The maximum Gasteiger partial charge on any atom is 0.416 e. The van der Waals surface area contributed by atoms with Crippen molar-refractivity contribution in [3.8, 4) is 16.9 Å². The van der Waals surface area contributed by atoms with Crippen LogP contribution in [-0.4, -0.2) is 42.1 Å². The lowest BCUT2D eigenvalue weighted by atomic mass is 9.94. The van der Waals surface area contributed by atoms with E-state index in [-0.39, 0.29) is 18.5 Å². The summed E-state index contributed by atoms with van der Waals surface area (Å²) >= 11 is 0. The van der Waals surface area contributed by atoms with Crippen LogP contribution in [0.2, 0.25) is 0 Å². The number of benzene rings is 2. The standard InChI is InChI=1S/C21H21F3N2O5/c1-12(27)25-20(30)26(2)11-14-10-15(21(22,23)24)5-6-16(14)17-8-13(9-19(28)29)4-7-18(17)31-3/h4-8,10H,9,11H2,1-3H3,(H,28,29)(H,25,27,30). The number of hydrogen-bond acceptors (Lipinski definition) is 4. The van der Waals surface area contributed by atoms with Crippen molar-refractivity contribution in [1.82, 2.24) is 10.2 Å². The maximum atomic E-state index is 13.3. The Bertz CT molecular complexity index is 1000. The molecule has 2 N–H and O–H groups in total. The lowest BCUT2D eigenvalue weighted by molar-refractivity contribution is -0.138. The predicted octanol–water partition coefficient (Wildman–Crippen LogP) is 3.70. The summed E-state index contributed by atoms with van der Waals surface area (Å²) in [6.45, 7) is 0.894. The zero-order valence-electron chi connectivity index (χ0n) is 17.0. The van der Waals surface area contributed by atoms with Crippen LogP contribution in [0.15, 0.2) is 36.4 Å². The van der Waals surface area contributed by atoms with Gasteiger partial charge in [0.25, 0.3) is 0 Å². The van der Waals surface area contributed by atoms with Crippen LogP contribution in [0.1, 0.15) is 23.6 Å². The van der Waals surface area contributed by atoms with Crippen molar-refractivity contribution in [2.45, 2.75) is 26.1 Å². The van der Waals surface area contributed by atoms with Gasteiger partial charge in [0.05, 0.1) is 19.1 Å². The van der Waals surface area contributed by atoms with Gasteiger partial charge < -0.3 is 14.7 Å².